The van der Waals surface area contributed by atoms with Crippen LogP contribution in [-0.4, -0.2) is 52.3 Å². The smallest absolute Gasteiger partial charge is 0.327 e. The standard InChI is InChI=1S/C61H32B2N8.2Pt/c1-5-17-49-39(13-1)45-33-47-41-15-3-7-19-53(41)69(59-21-9-11-27-64-59)57(47)35-51(45)62(49)37-23-25-43-44-26-24-38(32-56(44)71(55(43)31-37)61-66-29-30-67-68-61)63-50-18-6-2-14-40(50)46-34-48-42-16-4-8-20-54(42)70(58(48)36-52(46)63)60-22-10-12-28-65-60;;/h1-30,33-34H;;/q-4;2*+2. The van der Waals surface area contributed by atoms with Crippen molar-refractivity contribution in [2.24, 2.45) is 0 Å². The summed E-state index contributed by atoms with van der Waals surface area (Å²) in [7, 11) is 0. The Morgan fingerprint density at radius 2 is 0.822 bits per heavy atom. The molecule has 73 heavy (non-hydrogen) atoms. The first kappa shape index (κ1) is 43.7. The van der Waals surface area contributed by atoms with E-state index < -0.39 is 0 Å². The van der Waals surface area contributed by atoms with E-state index in [0.29, 0.717) is 5.95 Å². The predicted molar refractivity (Wildman–Crippen MR) is 287 cm³/mol. The van der Waals surface area contributed by atoms with Gasteiger partial charge in [-0.3, -0.25) is 0 Å². The number of aromatic nitrogens is 8. The Balaban J connectivity index is 0.00000247. The van der Waals surface area contributed by atoms with Gasteiger partial charge in [0.15, 0.2) is 13.4 Å². The molecule has 0 saturated heterocycles. The quantitative estimate of drug-likeness (QED) is 0.129. The molecule has 8 heterocycles. The second kappa shape index (κ2) is 16.8. The van der Waals surface area contributed by atoms with Crippen molar-refractivity contribution in [1.82, 2.24) is 38.9 Å². The summed E-state index contributed by atoms with van der Waals surface area (Å²) in [6.45, 7) is -0.293. The van der Waals surface area contributed by atoms with Crippen LogP contribution in [0.3, 0.4) is 0 Å². The summed E-state index contributed by atoms with van der Waals surface area (Å²) in [5, 5.41) is 15.7. The van der Waals surface area contributed by atoms with Crippen molar-refractivity contribution >= 4 is 112 Å². The van der Waals surface area contributed by atoms with Gasteiger partial charge in [0.1, 0.15) is 11.6 Å². The van der Waals surface area contributed by atoms with Gasteiger partial charge in [-0.15, -0.1) is 27.0 Å². The number of para-hydroxylation sites is 2. The van der Waals surface area contributed by atoms with E-state index in [4.69, 9.17) is 15.0 Å². The van der Waals surface area contributed by atoms with Crippen LogP contribution in [0.2, 0.25) is 0 Å². The average molecular weight is 1290 g/mol. The summed E-state index contributed by atoms with van der Waals surface area (Å²) in [6, 6.07) is 76.4. The van der Waals surface area contributed by atoms with E-state index in [0.717, 1.165) is 88.1 Å². The van der Waals surface area contributed by atoms with Crippen LogP contribution in [0.15, 0.2) is 195 Å². The number of hydrogen-bond acceptors (Lipinski definition) is 5. The van der Waals surface area contributed by atoms with Crippen LogP contribution in [0.1, 0.15) is 0 Å². The fraction of sp³-hybridized carbons (Fsp3) is 0. The van der Waals surface area contributed by atoms with Crippen molar-refractivity contribution in [3.63, 3.8) is 0 Å². The van der Waals surface area contributed by atoms with Gasteiger partial charge < -0.3 is 13.7 Å². The van der Waals surface area contributed by atoms with Crippen LogP contribution in [-0.2, 0) is 42.1 Å². The molecule has 8 aromatic carbocycles. The third-order valence-corrected chi connectivity index (χ3v) is 14.9. The Morgan fingerprint density at radius 3 is 1.30 bits per heavy atom. The molecule has 0 unspecified atom stereocenters. The zero-order valence-electron chi connectivity index (χ0n) is 38.3. The minimum absolute atomic E-state index is 0. The van der Waals surface area contributed by atoms with E-state index in [1.54, 1.807) is 12.4 Å². The Bertz CT molecular complexity index is 4290. The van der Waals surface area contributed by atoms with E-state index in [-0.39, 0.29) is 55.6 Å². The molecule has 342 valence electrons. The molecule has 0 bridgehead atoms. The van der Waals surface area contributed by atoms with Gasteiger partial charge in [-0.2, -0.15) is 98.4 Å². The van der Waals surface area contributed by atoms with Crippen molar-refractivity contribution in [3.05, 3.63) is 219 Å². The third kappa shape index (κ3) is 6.27. The van der Waals surface area contributed by atoms with Crippen molar-refractivity contribution in [2.75, 3.05) is 0 Å². The van der Waals surface area contributed by atoms with E-state index in [2.05, 4.69) is 194 Å². The zero-order chi connectivity index (χ0) is 46.3. The van der Waals surface area contributed by atoms with Crippen LogP contribution in [0, 0.1) is 24.3 Å². The van der Waals surface area contributed by atoms with Gasteiger partial charge in [-0.25, -0.2) is 15.0 Å². The fourth-order valence-corrected chi connectivity index (χ4v) is 12.0. The van der Waals surface area contributed by atoms with E-state index >= 15 is 0 Å². The van der Waals surface area contributed by atoms with Gasteiger partial charge in [-0.05, 0) is 47.2 Å². The van der Waals surface area contributed by atoms with Crippen LogP contribution in [0.5, 0.6) is 0 Å². The molecule has 0 spiro atoms. The van der Waals surface area contributed by atoms with Crippen molar-refractivity contribution in [3.8, 4) is 39.8 Å². The second-order valence-electron chi connectivity index (χ2n) is 18.5. The van der Waals surface area contributed by atoms with Gasteiger partial charge in [0.05, 0.1) is 12.4 Å². The zero-order valence-corrected chi connectivity index (χ0v) is 42.9. The monoisotopic (exact) mass is 1290 g/mol. The Hall–Kier alpha value is -8.02. The largest absolute Gasteiger partial charge is 2.00 e. The van der Waals surface area contributed by atoms with Crippen LogP contribution >= 0.6 is 0 Å². The Morgan fingerprint density at radius 1 is 0.356 bits per heavy atom. The number of pyridine rings is 2. The minimum Gasteiger partial charge on any atom is -0.327 e. The van der Waals surface area contributed by atoms with Crippen LogP contribution in [0.25, 0.3) is 105 Å². The molecule has 2 aliphatic rings. The molecular weight excluding hydrogens is 1260 g/mol. The maximum absolute atomic E-state index is 4.83. The first-order chi connectivity index (χ1) is 35.2. The van der Waals surface area contributed by atoms with Crippen LogP contribution in [0.4, 0.5) is 0 Å². The number of rotatable bonds is 5. The molecule has 2 aliphatic heterocycles. The molecule has 6 aromatic heterocycles. The maximum Gasteiger partial charge on any atom is 2.00 e. The normalized spacial score (nSPS) is 12.4. The third-order valence-electron chi connectivity index (χ3n) is 14.9. The van der Waals surface area contributed by atoms with E-state index in [9.17, 15) is 0 Å². The molecule has 0 radical (unpaired) electrons. The van der Waals surface area contributed by atoms with Crippen molar-refractivity contribution in [2.45, 2.75) is 0 Å². The summed E-state index contributed by atoms with van der Waals surface area (Å²) in [5.74, 6) is 2.17. The maximum atomic E-state index is 4.83. The van der Waals surface area contributed by atoms with Gasteiger partial charge in [0.25, 0.3) is 5.95 Å². The molecule has 0 atom stereocenters. The summed E-state index contributed by atoms with van der Waals surface area (Å²) in [4.78, 5) is 14.5. The minimum atomic E-state index is -0.147. The Kier molecular flexibility index (Phi) is 10.1. The summed E-state index contributed by atoms with van der Waals surface area (Å²) in [5.41, 5.74) is 17.3. The van der Waals surface area contributed by atoms with Crippen LogP contribution < -0.4 is 32.8 Å². The van der Waals surface area contributed by atoms with Gasteiger partial charge in [0.2, 0.25) is 0 Å². The molecule has 0 N–H and O–H groups in total. The number of benzene rings is 8. The molecule has 14 aromatic rings. The first-order valence-electron chi connectivity index (χ1n) is 23.8. The average Bonchev–Trinajstić information content (AvgIpc) is 4.22. The van der Waals surface area contributed by atoms with Crippen molar-refractivity contribution in [1.29, 1.82) is 0 Å². The molecule has 0 aliphatic carbocycles. The number of hydrogen-bond donors (Lipinski definition) is 0. The molecule has 8 nitrogen and oxygen atoms in total. The predicted octanol–water partition coefficient (Wildman–Crippen LogP) is 8.14. The van der Waals surface area contributed by atoms with Gasteiger partial charge in [0, 0.05) is 23.4 Å². The molecular formula is C61H32B2N8Pt2. The molecule has 16 rings (SSSR count). The molecule has 0 amide bonds. The number of fused-ring (bicyclic) bond motifs is 15. The summed E-state index contributed by atoms with van der Waals surface area (Å²) < 4.78 is 6.57. The van der Waals surface area contributed by atoms with Crippen molar-refractivity contribution < 1.29 is 42.1 Å². The molecule has 12 heteroatoms. The second-order valence-corrected chi connectivity index (χ2v) is 18.5. The number of nitrogens with zero attached hydrogens (tertiary/aromatic N) is 8. The topological polar surface area (TPSA) is 79.2 Å². The van der Waals surface area contributed by atoms with E-state index in [1.807, 2.05) is 36.7 Å². The van der Waals surface area contributed by atoms with Gasteiger partial charge in [-0.1, -0.05) is 141 Å². The SMILES string of the molecule is [Pt+2].[Pt+2].[c-]1c(B2c3[c-]c4c(cc3-c3ccccc32)c2ccccc2n4-c2ccccn2)ccc2c3ccc(B4c5[c-]c6c(cc5-c5ccccc54)c4ccccc4n6-c4ccccn4)[c-]c3n(-c3nccnn3)c12. The first-order valence-corrected chi connectivity index (χ1v) is 23.8. The molecule has 0 fully saturated rings. The summed E-state index contributed by atoms with van der Waals surface area (Å²) >= 11 is 0. The molecule has 0 saturated carbocycles. The fourth-order valence-electron chi connectivity index (χ4n) is 12.0. The summed E-state index contributed by atoms with van der Waals surface area (Å²) in [6.07, 6.45) is 7.01. The van der Waals surface area contributed by atoms with E-state index in [1.165, 1.54) is 44.0 Å². The Labute approximate surface area is 448 Å². The van der Waals surface area contributed by atoms with Gasteiger partial charge >= 0.3 is 42.1 Å².